The third-order valence-electron chi connectivity index (χ3n) is 1.88. The van der Waals surface area contributed by atoms with E-state index in [-0.39, 0.29) is 11.3 Å². The summed E-state index contributed by atoms with van der Waals surface area (Å²) < 4.78 is 35.0. The predicted molar refractivity (Wildman–Crippen MR) is 61.7 cm³/mol. The number of rotatable bonds is 4. The fourth-order valence-corrected chi connectivity index (χ4v) is 1.73. The first-order chi connectivity index (χ1) is 8.19. The van der Waals surface area contributed by atoms with Gasteiger partial charge in [0.2, 0.25) is 5.91 Å². The van der Waals surface area contributed by atoms with E-state index in [2.05, 4.69) is 0 Å². The van der Waals surface area contributed by atoms with Gasteiger partial charge in [0.1, 0.15) is 11.6 Å². The second kappa shape index (κ2) is 5.13. The zero-order valence-corrected chi connectivity index (χ0v) is 10.1. The molecule has 1 aromatic carbocycles. The van der Waals surface area contributed by atoms with Crippen LogP contribution in [0.1, 0.15) is 10.4 Å². The predicted octanol–water partition coefficient (Wildman–Crippen LogP) is 0.507. The van der Waals surface area contributed by atoms with Crippen molar-refractivity contribution >= 4 is 27.4 Å². The molecule has 0 heterocycles. The molecule has 1 amide bonds. The Morgan fingerprint density at radius 1 is 1.39 bits per heavy atom. The average Bonchev–Trinajstić information content (AvgIpc) is 2.18. The summed E-state index contributed by atoms with van der Waals surface area (Å²) in [6, 6.07) is 2.82. The Kier molecular flexibility index (Phi) is 4.02. The van der Waals surface area contributed by atoms with Crippen LogP contribution in [0.5, 0.6) is 0 Å². The lowest BCUT2D eigenvalue weighted by Gasteiger charge is -2.06. The Balaban J connectivity index is 2.93. The quantitative estimate of drug-likeness (QED) is 0.833. The molecule has 18 heavy (non-hydrogen) atoms. The van der Waals surface area contributed by atoms with Crippen molar-refractivity contribution in [3.63, 3.8) is 0 Å². The SMILES string of the molecule is CS(=O)(=O)CC(=O)Nc1cc(C(=O)O)ccc1F. The zero-order valence-electron chi connectivity index (χ0n) is 9.31. The summed E-state index contributed by atoms with van der Waals surface area (Å²) in [4.78, 5) is 21.9. The van der Waals surface area contributed by atoms with Crippen molar-refractivity contribution in [1.29, 1.82) is 0 Å². The molecular weight excluding hydrogens is 265 g/mol. The highest BCUT2D eigenvalue weighted by Gasteiger charge is 2.14. The second-order valence-corrected chi connectivity index (χ2v) is 5.76. The number of carbonyl (C=O) groups excluding carboxylic acids is 1. The first-order valence-corrected chi connectivity index (χ1v) is 6.75. The standard InChI is InChI=1S/C10H10FNO5S/c1-18(16,17)5-9(13)12-8-4-6(10(14)15)2-3-7(8)11/h2-4H,5H2,1H3,(H,12,13)(H,14,15). The number of anilines is 1. The van der Waals surface area contributed by atoms with Gasteiger partial charge in [-0.2, -0.15) is 0 Å². The van der Waals surface area contributed by atoms with Gasteiger partial charge in [-0.05, 0) is 18.2 Å². The molecule has 0 unspecified atom stereocenters. The van der Waals surface area contributed by atoms with Crippen LogP contribution in [0.4, 0.5) is 10.1 Å². The van der Waals surface area contributed by atoms with Crippen molar-refractivity contribution in [1.82, 2.24) is 0 Å². The van der Waals surface area contributed by atoms with Gasteiger partial charge < -0.3 is 10.4 Å². The summed E-state index contributed by atoms with van der Waals surface area (Å²) in [5, 5.41) is 10.7. The second-order valence-electron chi connectivity index (χ2n) is 3.62. The van der Waals surface area contributed by atoms with Crippen molar-refractivity contribution in [2.24, 2.45) is 0 Å². The van der Waals surface area contributed by atoms with E-state index in [1.165, 1.54) is 0 Å². The van der Waals surface area contributed by atoms with E-state index >= 15 is 0 Å². The fraction of sp³-hybridized carbons (Fsp3) is 0.200. The summed E-state index contributed by atoms with van der Waals surface area (Å²) in [6.07, 6.45) is 0.858. The number of carbonyl (C=O) groups is 2. The number of aromatic carboxylic acids is 1. The summed E-state index contributed by atoms with van der Waals surface area (Å²) >= 11 is 0. The van der Waals surface area contributed by atoms with E-state index in [1.54, 1.807) is 0 Å². The maximum absolute atomic E-state index is 13.3. The van der Waals surface area contributed by atoms with Gasteiger partial charge in [0, 0.05) is 6.26 Å². The lowest BCUT2D eigenvalue weighted by molar-refractivity contribution is -0.113. The minimum Gasteiger partial charge on any atom is -0.478 e. The van der Waals surface area contributed by atoms with E-state index in [1.807, 2.05) is 5.32 Å². The molecule has 0 aliphatic heterocycles. The van der Waals surface area contributed by atoms with E-state index in [4.69, 9.17) is 5.11 Å². The Bertz CT molecular complexity index is 596. The van der Waals surface area contributed by atoms with Crippen LogP contribution in [0.3, 0.4) is 0 Å². The summed E-state index contributed by atoms with van der Waals surface area (Å²) in [5.74, 6) is -3.86. The van der Waals surface area contributed by atoms with Crippen molar-refractivity contribution in [2.75, 3.05) is 17.3 Å². The number of benzene rings is 1. The van der Waals surface area contributed by atoms with Crippen LogP contribution in [-0.4, -0.2) is 37.4 Å². The minimum atomic E-state index is -3.53. The Morgan fingerprint density at radius 2 is 2.00 bits per heavy atom. The zero-order chi connectivity index (χ0) is 13.9. The van der Waals surface area contributed by atoms with Gasteiger partial charge in [-0.15, -0.1) is 0 Å². The van der Waals surface area contributed by atoms with Gasteiger partial charge in [0.25, 0.3) is 0 Å². The van der Waals surface area contributed by atoms with E-state index in [0.717, 1.165) is 24.5 Å². The van der Waals surface area contributed by atoms with Crippen molar-refractivity contribution in [2.45, 2.75) is 0 Å². The monoisotopic (exact) mass is 275 g/mol. The van der Waals surface area contributed by atoms with Crippen molar-refractivity contribution in [3.05, 3.63) is 29.6 Å². The normalized spacial score (nSPS) is 11.0. The molecule has 0 saturated carbocycles. The van der Waals surface area contributed by atoms with Gasteiger partial charge in [0.05, 0.1) is 11.3 Å². The average molecular weight is 275 g/mol. The number of sulfone groups is 1. The number of nitrogens with one attached hydrogen (secondary N) is 1. The third-order valence-corrected chi connectivity index (χ3v) is 2.67. The maximum atomic E-state index is 13.3. The Morgan fingerprint density at radius 3 is 2.50 bits per heavy atom. The van der Waals surface area contributed by atoms with Gasteiger partial charge in [0.15, 0.2) is 9.84 Å². The Labute approximate surface area is 102 Å². The molecule has 6 nitrogen and oxygen atoms in total. The molecule has 0 aliphatic rings. The van der Waals surface area contributed by atoms with Gasteiger partial charge >= 0.3 is 5.97 Å². The minimum absolute atomic E-state index is 0.217. The number of hydrogen-bond donors (Lipinski definition) is 2. The molecule has 8 heteroatoms. The van der Waals surface area contributed by atoms with E-state index in [0.29, 0.717) is 0 Å². The van der Waals surface area contributed by atoms with Gasteiger partial charge in [-0.3, -0.25) is 4.79 Å². The number of carboxylic acids is 1. The number of carboxylic acid groups (broad SMARTS) is 1. The fourth-order valence-electron chi connectivity index (χ4n) is 1.18. The lowest BCUT2D eigenvalue weighted by atomic mass is 10.2. The highest BCUT2D eigenvalue weighted by molar-refractivity contribution is 7.91. The van der Waals surface area contributed by atoms with Crippen LogP contribution in [-0.2, 0) is 14.6 Å². The highest BCUT2D eigenvalue weighted by atomic mass is 32.2. The molecule has 1 aromatic rings. The molecule has 0 aliphatic carbocycles. The van der Waals surface area contributed by atoms with Crippen molar-refractivity contribution < 1.29 is 27.5 Å². The number of amides is 1. The van der Waals surface area contributed by atoms with Crippen LogP contribution >= 0.6 is 0 Å². The summed E-state index contributed by atoms with van der Waals surface area (Å²) in [7, 11) is -3.53. The van der Waals surface area contributed by atoms with E-state index < -0.39 is 33.3 Å². The topological polar surface area (TPSA) is 101 Å². The van der Waals surface area contributed by atoms with Crippen LogP contribution in [0.25, 0.3) is 0 Å². The summed E-state index contributed by atoms with van der Waals surface area (Å²) in [5.41, 5.74) is -0.588. The molecule has 0 radical (unpaired) electrons. The lowest BCUT2D eigenvalue weighted by Crippen LogP contribution is -2.22. The van der Waals surface area contributed by atoms with Crippen molar-refractivity contribution in [3.8, 4) is 0 Å². The first kappa shape index (κ1) is 14.1. The molecule has 98 valence electrons. The van der Waals surface area contributed by atoms with Crippen LogP contribution in [0.2, 0.25) is 0 Å². The number of hydrogen-bond acceptors (Lipinski definition) is 4. The molecular formula is C10H10FNO5S. The molecule has 1 rings (SSSR count). The first-order valence-electron chi connectivity index (χ1n) is 4.69. The summed E-state index contributed by atoms with van der Waals surface area (Å²) in [6.45, 7) is 0. The van der Waals surface area contributed by atoms with E-state index in [9.17, 15) is 22.4 Å². The molecule has 0 fully saturated rings. The van der Waals surface area contributed by atoms with Crippen LogP contribution in [0.15, 0.2) is 18.2 Å². The van der Waals surface area contributed by atoms with Crippen LogP contribution < -0.4 is 5.32 Å². The molecule has 0 aromatic heterocycles. The highest BCUT2D eigenvalue weighted by Crippen LogP contribution is 2.16. The largest absolute Gasteiger partial charge is 0.478 e. The molecule has 0 bridgehead atoms. The molecule has 2 N–H and O–H groups in total. The third kappa shape index (κ3) is 4.13. The molecule has 0 atom stereocenters. The molecule has 0 spiro atoms. The smallest absolute Gasteiger partial charge is 0.335 e. The Hall–Kier alpha value is -1.96. The number of halogens is 1. The van der Waals surface area contributed by atoms with Crippen LogP contribution in [0, 0.1) is 5.82 Å². The van der Waals surface area contributed by atoms with Gasteiger partial charge in [-0.1, -0.05) is 0 Å². The maximum Gasteiger partial charge on any atom is 0.335 e. The molecule has 0 saturated heterocycles. The van der Waals surface area contributed by atoms with Gasteiger partial charge in [-0.25, -0.2) is 17.6 Å².